The van der Waals surface area contributed by atoms with E-state index in [-0.39, 0.29) is 6.61 Å². The maximum atomic E-state index is 11.6. The number of hydrogen-bond donors (Lipinski definition) is 1. The van der Waals surface area contributed by atoms with E-state index in [0.717, 1.165) is 10.7 Å². The monoisotopic (exact) mass is 278 g/mol. The number of thiazole rings is 1. The van der Waals surface area contributed by atoms with Gasteiger partial charge in [0.2, 0.25) is 0 Å². The van der Waals surface area contributed by atoms with Crippen molar-refractivity contribution >= 4 is 23.0 Å². The summed E-state index contributed by atoms with van der Waals surface area (Å²) in [5.41, 5.74) is 7.39. The number of benzene rings is 1. The fourth-order valence-corrected chi connectivity index (χ4v) is 2.16. The molecular weight excluding hydrogens is 264 g/mol. The van der Waals surface area contributed by atoms with Crippen LogP contribution in [0.3, 0.4) is 0 Å². The zero-order valence-corrected chi connectivity index (χ0v) is 11.5. The van der Waals surface area contributed by atoms with Crippen LogP contribution in [0.1, 0.15) is 21.1 Å². The number of aromatic nitrogens is 1. The van der Waals surface area contributed by atoms with Crippen molar-refractivity contribution in [3.8, 4) is 5.75 Å². The molecule has 0 fully saturated rings. The number of hydrogen-bond acceptors (Lipinski definition) is 6. The fourth-order valence-electron chi connectivity index (χ4n) is 1.56. The molecule has 1 aromatic carbocycles. The zero-order valence-electron chi connectivity index (χ0n) is 10.7. The van der Waals surface area contributed by atoms with E-state index in [0.29, 0.717) is 17.0 Å². The average molecular weight is 278 g/mol. The first-order valence-electron chi connectivity index (χ1n) is 5.62. The van der Waals surface area contributed by atoms with Crippen LogP contribution < -0.4 is 10.5 Å². The maximum Gasteiger partial charge on any atom is 0.341 e. The van der Waals surface area contributed by atoms with E-state index < -0.39 is 5.97 Å². The predicted octanol–water partition coefficient (Wildman–Crippen LogP) is 2.40. The minimum atomic E-state index is -0.454. The molecule has 0 unspecified atom stereocenters. The van der Waals surface area contributed by atoms with Crippen molar-refractivity contribution in [2.24, 2.45) is 0 Å². The molecule has 0 spiro atoms. The number of nitrogens with zero attached hydrogens (tertiary/aromatic N) is 1. The minimum absolute atomic E-state index is 0.289. The summed E-state index contributed by atoms with van der Waals surface area (Å²) in [5.74, 6) is -0.0537. The number of nitrogen functional groups attached to an aromatic ring is 1. The number of aryl methyl sites for hydroxylation is 1. The van der Waals surface area contributed by atoms with Crippen molar-refractivity contribution in [2.45, 2.75) is 13.5 Å². The van der Waals surface area contributed by atoms with Crippen LogP contribution in [0.25, 0.3) is 0 Å². The van der Waals surface area contributed by atoms with E-state index in [1.807, 2.05) is 12.3 Å². The third-order valence-electron chi connectivity index (χ3n) is 2.45. The second kappa shape index (κ2) is 5.71. The molecule has 0 radical (unpaired) electrons. The Balaban J connectivity index is 2.18. The second-order valence-corrected chi connectivity index (χ2v) is 4.96. The molecule has 1 heterocycles. The Hall–Kier alpha value is -2.08. The van der Waals surface area contributed by atoms with E-state index in [1.54, 1.807) is 29.5 Å². The number of carbonyl (C=O) groups is 1. The molecule has 100 valence electrons. The predicted molar refractivity (Wildman–Crippen MR) is 73.4 cm³/mol. The number of nitrogens with two attached hydrogens (primary N) is 1. The summed E-state index contributed by atoms with van der Waals surface area (Å²) in [6.07, 6.45) is 0. The highest BCUT2D eigenvalue weighted by atomic mass is 32.1. The number of ether oxygens (including phenoxy) is 2. The van der Waals surface area contributed by atoms with Gasteiger partial charge in [0.25, 0.3) is 0 Å². The Morgan fingerprint density at radius 2 is 2.26 bits per heavy atom. The first kappa shape index (κ1) is 13.4. The van der Waals surface area contributed by atoms with Gasteiger partial charge in [0.1, 0.15) is 17.9 Å². The van der Waals surface area contributed by atoms with Gasteiger partial charge in [-0.2, -0.15) is 0 Å². The van der Waals surface area contributed by atoms with Crippen molar-refractivity contribution in [3.05, 3.63) is 39.8 Å². The van der Waals surface area contributed by atoms with Gasteiger partial charge in [-0.25, -0.2) is 9.78 Å². The number of methoxy groups -OCH3 is 1. The van der Waals surface area contributed by atoms with Crippen LogP contribution in [-0.2, 0) is 11.3 Å². The largest absolute Gasteiger partial charge is 0.486 e. The second-order valence-electron chi connectivity index (χ2n) is 3.89. The van der Waals surface area contributed by atoms with Gasteiger partial charge in [-0.1, -0.05) is 0 Å². The summed E-state index contributed by atoms with van der Waals surface area (Å²) < 4.78 is 10.3. The summed E-state index contributed by atoms with van der Waals surface area (Å²) >= 11 is 1.55. The lowest BCUT2D eigenvalue weighted by Gasteiger charge is -2.10. The van der Waals surface area contributed by atoms with Crippen LogP contribution in [0.15, 0.2) is 23.6 Å². The smallest absolute Gasteiger partial charge is 0.341 e. The van der Waals surface area contributed by atoms with Gasteiger partial charge in [-0.15, -0.1) is 11.3 Å². The Morgan fingerprint density at radius 3 is 2.89 bits per heavy atom. The molecule has 2 rings (SSSR count). The van der Waals surface area contributed by atoms with E-state index in [2.05, 4.69) is 4.98 Å². The number of anilines is 1. The summed E-state index contributed by atoms with van der Waals surface area (Å²) in [6, 6.07) is 4.82. The Labute approximate surface area is 115 Å². The Bertz CT molecular complexity index is 595. The van der Waals surface area contributed by atoms with Crippen molar-refractivity contribution in [3.63, 3.8) is 0 Å². The molecule has 6 heteroatoms. The van der Waals surface area contributed by atoms with Crippen LogP contribution in [0.2, 0.25) is 0 Å². The van der Waals surface area contributed by atoms with Crippen LogP contribution in [0.4, 0.5) is 5.69 Å². The van der Waals surface area contributed by atoms with Crippen LogP contribution >= 0.6 is 11.3 Å². The first-order valence-corrected chi connectivity index (χ1v) is 6.49. The molecule has 1 aromatic heterocycles. The lowest BCUT2D eigenvalue weighted by atomic mass is 10.2. The molecule has 19 heavy (non-hydrogen) atoms. The standard InChI is InChI=1S/C13H14N2O3S/c1-8-15-10(7-19-8)6-18-12-5-9(14)3-4-11(12)13(16)17-2/h3-5,7H,6,14H2,1-2H3. The number of carbonyl (C=O) groups excluding carboxylic acids is 1. The average Bonchev–Trinajstić information content (AvgIpc) is 2.81. The van der Waals surface area contributed by atoms with Crippen LogP contribution in [0, 0.1) is 6.92 Å². The van der Waals surface area contributed by atoms with Crippen molar-refractivity contribution < 1.29 is 14.3 Å². The Kier molecular flexibility index (Phi) is 4.01. The molecule has 0 saturated carbocycles. The molecule has 2 aromatic rings. The lowest BCUT2D eigenvalue weighted by Crippen LogP contribution is -2.06. The lowest BCUT2D eigenvalue weighted by molar-refractivity contribution is 0.0595. The van der Waals surface area contributed by atoms with Crippen LogP contribution in [0.5, 0.6) is 5.75 Å². The van der Waals surface area contributed by atoms with Gasteiger partial charge >= 0.3 is 5.97 Å². The zero-order chi connectivity index (χ0) is 13.8. The molecule has 5 nitrogen and oxygen atoms in total. The summed E-state index contributed by atoms with van der Waals surface area (Å²) in [7, 11) is 1.33. The fraction of sp³-hybridized carbons (Fsp3) is 0.231. The summed E-state index contributed by atoms with van der Waals surface area (Å²) in [5, 5.41) is 2.89. The summed E-state index contributed by atoms with van der Waals surface area (Å²) in [6.45, 7) is 2.21. The van der Waals surface area contributed by atoms with Crippen molar-refractivity contribution in [2.75, 3.05) is 12.8 Å². The normalized spacial score (nSPS) is 10.2. The molecule has 0 aliphatic rings. The van der Waals surface area contributed by atoms with Crippen molar-refractivity contribution in [1.82, 2.24) is 4.98 Å². The van der Waals surface area contributed by atoms with E-state index in [4.69, 9.17) is 15.2 Å². The SMILES string of the molecule is COC(=O)c1ccc(N)cc1OCc1csc(C)n1. The van der Waals surface area contributed by atoms with E-state index in [1.165, 1.54) is 7.11 Å². The molecule has 0 aliphatic carbocycles. The van der Waals surface area contributed by atoms with Gasteiger partial charge in [-0.3, -0.25) is 0 Å². The molecule has 0 amide bonds. The molecular formula is C13H14N2O3S. The van der Waals surface area contributed by atoms with Crippen molar-refractivity contribution in [1.29, 1.82) is 0 Å². The quantitative estimate of drug-likeness (QED) is 0.686. The van der Waals surface area contributed by atoms with Crippen LogP contribution in [-0.4, -0.2) is 18.1 Å². The Morgan fingerprint density at radius 1 is 1.47 bits per heavy atom. The van der Waals surface area contributed by atoms with E-state index >= 15 is 0 Å². The third kappa shape index (κ3) is 3.23. The van der Waals surface area contributed by atoms with Gasteiger partial charge in [0.05, 0.1) is 17.8 Å². The highest BCUT2D eigenvalue weighted by Crippen LogP contribution is 2.24. The van der Waals surface area contributed by atoms with Gasteiger partial charge in [0, 0.05) is 17.1 Å². The topological polar surface area (TPSA) is 74.4 Å². The summed E-state index contributed by atoms with van der Waals surface area (Å²) in [4.78, 5) is 15.9. The number of esters is 1. The first-order chi connectivity index (χ1) is 9.10. The molecule has 0 bridgehead atoms. The maximum absolute atomic E-state index is 11.6. The van der Waals surface area contributed by atoms with E-state index in [9.17, 15) is 4.79 Å². The molecule has 0 atom stereocenters. The van der Waals surface area contributed by atoms with Gasteiger partial charge in [0.15, 0.2) is 0 Å². The highest BCUT2D eigenvalue weighted by Gasteiger charge is 2.13. The third-order valence-corrected chi connectivity index (χ3v) is 3.28. The molecule has 2 N–H and O–H groups in total. The minimum Gasteiger partial charge on any atom is -0.486 e. The van der Waals surface area contributed by atoms with Gasteiger partial charge in [-0.05, 0) is 19.1 Å². The molecule has 0 saturated heterocycles. The number of rotatable bonds is 4. The van der Waals surface area contributed by atoms with Gasteiger partial charge < -0.3 is 15.2 Å². The highest BCUT2D eigenvalue weighted by molar-refractivity contribution is 7.09. The molecule has 0 aliphatic heterocycles.